The standard InChI is InChI=1S/C30H32ClF4N5O3.C9H10N2/c1-36-29(42-19-22-6-7-23(31)16-25(22)32)5-3-2-4-21-10-12-39(13-11-21)18-28-38-26-17-24(37-20-41)8-9-27(26)40(28)14-15-43-30(33,34)35;1-6-3-4-9-8(5-6)7(2)10-11-9/h2-3,5-9,16-17,20-21H,1,4,10-15,18-19H2,(H,37,41);3-5H,1-2H3,(H,10,11)/b3-2-,29-5+;. The Hall–Kier alpha value is -5.05. The minimum Gasteiger partial charge on any atom is -0.473 e. The van der Waals surface area contributed by atoms with Crippen molar-refractivity contribution in [2.24, 2.45) is 10.9 Å². The number of anilines is 1. The molecule has 1 aliphatic heterocycles. The number of allylic oxidation sites excluding steroid dienone is 3. The molecule has 0 saturated carbocycles. The number of H-pyrrole nitrogens is 1. The molecule has 0 radical (unpaired) electrons. The van der Waals surface area contributed by atoms with Gasteiger partial charge in [0.15, 0.2) is 0 Å². The Labute approximate surface area is 315 Å². The molecule has 3 heterocycles. The number of alkyl halides is 3. The number of hydrogen-bond donors (Lipinski definition) is 2. The van der Waals surface area contributed by atoms with Crippen molar-refractivity contribution in [2.75, 3.05) is 25.0 Å². The summed E-state index contributed by atoms with van der Waals surface area (Å²) in [5.41, 5.74) is 5.63. The number of carbonyl (C=O) groups is 1. The Morgan fingerprint density at radius 2 is 1.91 bits per heavy atom. The highest BCUT2D eigenvalue weighted by Crippen LogP contribution is 2.26. The second kappa shape index (κ2) is 18.8. The van der Waals surface area contributed by atoms with Crippen LogP contribution in [0.2, 0.25) is 5.02 Å². The van der Waals surface area contributed by atoms with Gasteiger partial charge in [0.05, 0.1) is 29.7 Å². The lowest BCUT2D eigenvalue weighted by molar-refractivity contribution is -0.325. The average molecular weight is 768 g/mol. The van der Waals surface area contributed by atoms with E-state index in [1.165, 1.54) is 17.0 Å². The van der Waals surface area contributed by atoms with Gasteiger partial charge < -0.3 is 14.6 Å². The Morgan fingerprint density at radius 1 is 1.11 bits per heavy atom. The van der Waals surface area contributed by atoms with Crippen LogP contribution >= 0.6 is 11.6 Å². The van der Waals surface area contributed by atoms with Crippen LogP contribution in [-0.2, 0) is 34.0 Å². The van der Waals surface area contributed by atoms with E-state index in [1.807, 2.05) is 25.1 Å². The van der Waals surface area contributed by atoms with Crippen LogP contribution in [0.25, 0.3) is 21.9 Å². The number of nitrogens with one attached hydrogen (secondary N) is 2. The summed E-state index contributed by atoms with van der Waals surface area (Å²) in [5, 5.41) is 11.2. The molecule has 0 atom stereocenters. The van der Waals surface area contributed by atoms with Gasteiger partial charge in [-0.05, 0) is 107 Å². The zero-order chi connectivity index (χ0) is 38.7. The van der Waals surface area contributed by atoms with E-state index in [-0.39, 0.29) is 19.0 Å². The number of aromatic amines is 1. The van der Waals surface area contributed by atoms with Crippen LogP contribution in [0.3, 0.4) is 0 Å². The molecule has 1 saturated heterocycles. The molecule has 1 aliphatic rings. The van der Waals surface area contributed by atoms with Crippen LogP contribution in [0.5, 0.6) is 0 Å². The van der Waals surface area contributed by atoms with Crippen molar-refractivity contribution in [3.05, 3.63) is 112 Å². The van der Waals surface area contributed by atoms with Gasteiger partial charge in [0.2, 0.25) is 12.3 Å². The number of rotatable bonds is 14. The van der Waals surface area contributed by atoms with E-state index in [0.29, 0.717) is 52.0 Å². The van der Waals surface area contributed by atoms with Gasteiger partial charge in [0.25, 0.3) is 0 Å². The number of amides is 1. The first-order valence-corrected chi connectivity index (χ1v) is 17.7. The minimum atomic E-state index is -4.71. The van der Waals surface area contributed by atoms with E-state index in [1.54, 1.807) is 41.0 Å². The number of fused-ring (bicyclic) bond motifs is 2. The molecule has 1 fully saturated rings. The van der Waals surface area contributed by atoms with Crippen LogP contribution < -0.4 is 5.32 Å². The molecule has 2 aromatic heterocycles. The molecule has 0 spiro atoms. The molecule has 286 valence electrons. The van der Waals surface area contributed by atoms with Crippen LogP contribution in [-0.4, -0.2) is 63.8 Å². The number of hydrogen-bond acceptors (Lipinski definition) is 7. The number of likely N-dealkylation sites (tertiary alicyclic amines) is 1. The first-order valence-electron chi connectivity index (χ1n) is 17.4. The number of benzene rings is 3. The predicted octanol–water partition coefficient (Wildman–Crippen LogP) is 9.03. The summed E-state index contributed by atoms with van der Waals surface area (Å²) in [6.45, 7) is 9.17. The summed E-state index contributed by atoms with van der Waals surface area (Å²) in [6, 6.07) is 15.7. The number of carbonyl (C=O) groups excluding carboxylic acids is 1. The third-order valence-corrected chi connectivity index (χ3v) is 9.23. The van der Waals surface area contributed by atoms with Gasteiger partial charge in [-0.2, -0.15) is 5.10 Å². The van der Waals surface area contributed by atoms with Gasteiger partial charge in [-0.1, -0.05) is 41.4 Å². The van der Waals surface area contributed by atoms with Crippen LogP contribution in [0.4, 0.5) is 23.2 Å². The number of aromatic nitrogens is 4. The zero-order valence-corrected chi connectivity index (χ0v) is 30.8. The molecule has 6 rings (SSSR count). The van der Waals surface area contributed by atoms with E-state index < -0.39 is 18.8 Å². The van der Waals surface area contributed by atoms with Crippen molar-refractivity contribution in [1.82, 2.24) is 24.6 Å². The third-order valence-electron chi connectivity index (χ3n) is 9.00. The fourth-order valence-electron chi connectivity index (χ4n) is 6.15. The van der Waals surface area contributed by atoms with Gasteiger partial charge in [0.1, 0.15) is 18.2 Å². The van der Waals surface area contributed by atoms with Crippen molar-refractivity contribution < 1.29 is 31.8 Å². The smallest absolute Gasteiger partial charge is 0.473 e. The SMILES string of the molecule is C=N/C(=C\C=C/CC1CCN(Cc2nc3cc(NC=O)ccc3n2CCOC(F)(F)F)CC1)OCc1ccc(Cl)cc1F.Cc1ccc2n[nH]c(C)c2c1. The number of nitrogens with zero attached hydrogens (tertiary/aromatic N) is 5. The fraction of sp³-hybridized carbons (Fsp3) is 0.333. The Kier molecular flexibility index (Phi) is 14.0. The second-order valence-electron chi connectivity index (χ2n) is 12.9. The van der Waals surface area contributed by atoms with Gasteiger partial charge in [-0.25, -0.2) is 14.4 Å². The molecule has 0 aliphatic carbocycles. The normalized spacial score (nSPS) is 14.4. The summed E-state index contributed by atoms with van der Waals surface area (Å²) >= 11 is 5.78. The average Bonchev–Trinajstić information content (AvgIpc) is 3.67. The molecule has 15 heteroatoms. The Morgan fingerprint density at radius 3 is 2.63 bits per heavy atom. The molecular formula is C39H42ClF4N7O3. The maximum absolute atomic E-state index is 14.0. The maximum Gasteiger partial charge on any atom is 0.522 e. The van der Waals surface area contributed by atoms with E-state index in [2.05, 4.69) is 60.9 Å². The molecule has 0 bridgehead atoms. The summed E-state index contributed by atoms with van der Waals surface area (Å²) in [4.78, 5) is 21.6. The lowest BCUT2D eigenvalue weighted by Gasteiger charge is -2.31. The second-order valence-corrected chi connectivity index (χ2v) is 13.3. The summed E-state index contributed by atoms with van der Waals surface area (Å²) in [6.07, 6.45) is 4.13. The topological polar surface area (TPSA) is 110 Å². The van der Waals surface area contributed by atoms with E-state index in [4.69, 9.17) is 16.3 Å². The van der Waals surface area contributed by atoms with Gasteiger partial charge >= 0.3 is 6.36 Å². The predicted molar refractivity (Wildman–Crippen MR) is 203 cm³/mol. The first-order chi connectivity index (χ1) is 25.9. The van der Waals surface area contributed by atoms with Gasteiger partial charge in [-0.15, -0.1) is 13.2 Å². The summed E-state index contributed by atoms with van der Waals surface area (Å²) in [7, 11) is 0. The monoisotopic (exact) mass is 767 g/mol. The molecule has 3 aromatic carbocycles. The van der Waals surface area contributed by atoms with Crippen molar-refractivity contribution >= 4 is 52.4 Å². The number of piperidine rings is 1. The summed E-state index contributed by atoms with van der Waals surface area (Å²) < 4.78 is 63.1. The van der Waals surface area contributed by atoms with Crippen molar-refractivity contribution in [3.63, 3.8) is 0 Å². The lowest BCUT2D eigenvalue weighted by Crippen LogP contribution is -2.34. The van der Waals surface area contributed by atoms with Gasteiger partial charge in [-0.3, -0.25) is 19.5 Å². The lowest BCUT2D eigenvalue weighted by atomic mass is 9.93. The van der Waals surface area contributed by atoms with E-state index in [0.717, 1.165) is 43.6 Å². The third kappa shape index (κ3) is 11.5. The van der Waals surface area contributed by atoms with Crippen molar-refractivity contribution in [3.8, 4) is 0 Å². The summed E-state index contributed by atoms with van der Waals surface area (Å²) in [5.74, 6) is 0.918. The van der Waals surface area contributed by atoms with Gasteiger partial charge in [0, 0.05) is 33.9 Å². The molecule has 0 unspecified atom stereocenters. The van der Waals surface area contributed by atoms with Crippen LogP contribution in [0, 0.1) is 25.6 Å². The number of aliphatic imine (C=N–C) groups is 1. The van der Waals surface area contributed by atoms with Crippen molar-refractivity contribution in [2.45, 2.75) is 59.2 Å². The Bertz CT molecular complexity index is 2100. The fourth-order valence-corrected chi connectivity index (χ4v) is 6.31. The molecule has 5 aromatic rings. The quantitative estimate of drug-likeness (QED) is 0.0384. The Balaban J connectivity index is 0.000000431. The minimum absolute atomic E-state index is 0.000105. The first kappa shape index (κ1) is 40.1. The highest BCUT2D eigenvalue weighted by molar-refractivity contribution is 6.30. The van der Waals surface area contributed by atoms with Crippen molar-refractivity contribution in [1.29, 1.82) is 0 Å². The number of halogens is 5. The highest BCUT2D eigenvalue weighted by atomic mass is 35.5. The van der Waals surface area contributed by atoms with E-state index in [9.17, 15) is 22.4 Å². The number of imidazole rings is 1. The van der Waals surface area contributed by atoms with Crippen LogP contribution in [0.1, 0.15) is 41.9 Å². The highest BCUT2D eigenvalue weighted by Gasteiger charge is 2.29. The number of ether oxygens (including phenoxy) is 2. The largest absolute Gasteiger partial charge is 0.522 e. The molecular weight excluding hydrogens is 726 g/mol. The maximum atomic E-state index is 14.0. The molecule has 2 N–H and O–H groups in total. The van der Waals surface area contributed by atoms with E-state index >= 15 is 0 Å². The molecule has 10 nitrogen and oxygen atoms in total. The zero-order valence-electron chi connectivity index (χ0n) is 30.0. The molecule has 54 heavy (non-hydrogen) atoms. The molecule has 1 amide bonds. The number of aryl methyl sites for hydroxylation is 2. The van der Waals surface area contributed by atoms with Crippen LogP contribution in [0.15, 0.2) is 83.7 Å².